The molecule has 0 saturated heterocycles. The zero-order valence-electron chi connectivity index (χ0n) is 20.8. The van der Waals surface area contributed by atoms with Gasteiger partial charge in [0.15, 0.2) is 27.8 Å². The third-order valence-electron chi connectivity index (χ3n) is 6.20. The van der Waals surface area contributed by atoms with Crippen LogP contribution in [0.5, 0.6) is 11.5 Å². The first-order valence-corrected chi connectivity index (χ1v) is 12.4. The molecule has 2 aromatic carbocycles. The summed E-state index contributed by atoms with van der Waals surface area (Å²) in [6, 6.07) is 9.63. The number of ketones is 1. The summed E-state index contributed by atoms with van der Waals surface area (Å²) in [7, 11) is 1.51. The summed E-state index contributed by atoms with van der Waals surface area (Å²) in [5.74, 6) is 0.222. The van der Waals surface area contributed by atoms with Crippen molar-refractivity contribution in [3.05, 3.63) is 92.3 Å². The fourth-order valence-electron chi connectivity index (χ4n) is 4.53. The topological polar surface area (TPSA) is 98.9 Å². The number of anilines is 1. The second kappa shape index (κ2) is 9.33. The number of hydrogen-bond acceptors (Lipinski definition) is 8. The van der Waals surface area contributed by atoms with Crippen LogP contribution in [-0.2, 0) is 0 Å². The van der Waals surface area contributed by atoms with E-state index in [1.807, 2.05) is 13.0 Å². The number of Topliss-reactive ketones (excluding diaryl/α,β-unsaturated/α-hetero) is 1. The molecular formula is C28H24N2O6S. The van der Waals surface area contributed by atoms with Crippen LogP contribution >= 0.6 is 11.3 Å². The van der Waals surface area contributed by atoms with Gasteiger partial charge in [-0.05, 0) is 43.7 Å². The van der Waals surface area contributed by atoms with E-state index in [2.05, 4.69) is 11.6 Å². The summed E-state index contributed by atoms with van der Waals surface area (Å²) in [5, 5.41) is 0.686. The highest BCUT2D eigenvalue weighted by molar-refractivity contribution is 7.17. The monoisotopic (exact) mass is 516 g/mol. The van der Waals surface area contributed by atoms with Crippen LogP contribution in [-0.4, -0.2) is 30.4 Å². The lowest BCUT2D eigenvalue weighted by molar-refractivity contribution is 0.0969. The van der Waals surface area contributed by atoms with Gasteiger partial charge in [-0.25, -0.2) is 4.98 Å². The Hall–Kier alpha value is -4.24. The van der Waals surface area contributed by atoms with Crippen LogP contribution in [0.1, 0.15) is 55.6 Å². The lowest BCUT2D eigenvalue weighted by Crippen LogP contribution is -2.29. The van der Waals surface area contributed by atoms with Crippen molar-refractivity contribution in [1.82, 2.24) is 4.98 Å². The number of hydrogen-bond donors (Lipinski definition) is 0. The molecule has 188 valence electrons. The zero-order chi connectivity index (χ0) is 26.4. The van der Waals surface area contributed by atoms with E-state index < -0.39 is 11.9 Å². The standard InChI is InChI=1S/C28H24N2O6S/c1-6-11-35-20-10-8-17(13-21(20)34-5)23-22-24(32)18-12-14(2)7-9-19(18)36-25(22)27(33)30(23)28-29-15(3)26(37-28)16(4)31/h6-10,12-13,23H,1,11H2,2-5H3. The predicted octanol–water partition coefficient (Wildman–Crippen LogP) is 5.39. The summed E-state index contributed by atoms with van der Waals surface area (Å²) in [4.78, 5) is 46.2. The molecule has 8 nitrogen and oxygen atoms in total. The number of amides is 1. The van der Waals surface area contributed by atoms with Gasteiger partial charge in [0, 0.05) is 6.92 Å². The third-order valence-corrected chi connectivity index (χ3v) is 7.45. The molecule has 37 heavy (non-hydrogen) atoms. The minimum atomic E-state index is -0.851. The second-order valence-electron chi connectivity index (χ2n) is 8.73. The van der Waals surface area contributed by atoms with Crippen molar-refractivity contribution in [3.63, 3.8) is 0 Å². The molecule has 9 heteroatoms. The van der Waals surface area contributed by atoms with Crippen LogP contribution in [0.4, 0.5) is 5.13 Å². The van der Waals surface area contributed by atoms with E-state index in [1.54, 1.807) is 43.3 Å². The van der Waals surface area contributed by atoms with Crippen molar-refractivity contribution in [2.75, 3.05) is 18.6 Å². The van der Waals surface area contributed by atoms with Crippen LogP contribution in [0.3, 0.4) is 0 Å². The number of benzene rings is 2. The van der Waals surface area contributed by atoms with Gasteiger partial charge < -0.3 is 13.9 Å². The van der Waals surface area contributed by atoms with E-state index >= 15 is 0 Å². The van der Waals surface area contributed by atoms with Gasteiger partial charge in [-0.1, -0.05) is 41.7 Å². The number of aryl methyl sites for hydroxylation is 2. The molecule has 0 spiro atoms. The lowest BCUT2D eigenvalue weighted by Gasteiger charge is -2.23. The summed E-state index contributed by atoms with van der Waals surface area (Å²) in [6.45, 7) is 9.01. The van der Waals surface area contributed by atoms with Gasteiger partial charge in [0.05, 0.1) is 34.7 Å². The number of aromatic nitrogens is 1. The minimum Gasteiger partial charge on any atom is -0.493 e. The molecule has 0 bridgehead atoms. The van der Waals surface area contributed by atoms with Crippen molar-refractivity contribution in [2.45, 2.75) is 26.8 Å². The Morgan fingerprint density at radius 3 is 2.65 bits per heavy atom. The molecule has 5 rings (SSSR count). The van der Waals surface area contributed by atoms with Crippen molar-refractivity contribution in [2.24, 2.45) is 0 Å². The third kappa shape index (κ3) is 4.01. The molecule has 4 aromatic rings. The van der Waals surface area contributed by atoms with Crippen molar-refractivity contribution >= 4 is 39.1 Å². The van der Waals surface area contributed by atoms with Crippen LogP contribution in [0.25, 0.3) is 11.0 Å². The van der Waals surface area contributed by atoms with Gasteiger partial charge in [-0.3, -0.25) is 19.3 Å². The van der Waals surface area contributed by atoms with Crippen LogP contribution in [0, 0.1) is 13.8 Å². The maximum atomic E-state index is 13.8. The smallest absolute Gasteiger partial charge is 0.297 e. The van der Waals surface area contributed by atoms with Crippen molar-refractivity contribution in [1.29, 1.82) is 0 Å². The molecule has 3 heterocycles. The maximum absolute atomic E-state index is 13.8. The molecule has 1 amide bonds. The van der Waals surface area contributed by atoms with Gasteiger partial charge in [0.1, 0.15) is 12.2 Å². The van der Waals surface area contributed by atoms with Gasteiger partial charge in [-0.15, -0.1) is 0 Å². The van der Waals surface area contributed by atoms with Gasteiger partial charge >= 0.3 is 0 Å². The van der Waals surface area contributed by atoms with E-state index in [1.165, 1.54) is 18.9 Å². The summed E-state index contributed by atoms with van der Waals surface area (Å²) < 4.78 is 17.3. The Bertz CT molecular complexity index is 1650. The summed E-state index contributed by atoms with van der Waals surface area (Å²) in [6.07, 6.45) is 1.62. The van der Waals surface area contributed by atoms with E-state index in [0.717, 1.165) is 16.9 Å². The highest BCUT2D eigenvalue weighted by Gasteiger charge is 2.45. The first-order valence-electron chi connectivity index (χ1n) is 11.6. The van der Waals surface area contributed by atoms with E-state index in [4.69, 9.17) is 13.9 Å². The van der Waals surface area contributed by atoms with Crippen LogP contribution in [0.15, 0.2) is 58.3 Å². The molecule has 0 saturated carbocycles. The summed E-state index contributed by atoms with van der Waals surface area (Å²) in [5.41, 5.74) is 2.25. The average Bonchev–Trinajstić information content (AvgIpc) is 3.40. The number of ether oxygens (including phenoxy) is 2. The van der Waals surface area contributed by atoms with Crippen LogP contribution < -0.4 is 19.8 Å². The molecular weight excluding hydrogens is 492 g/mol. The highest BCUT2D eigenvalue weighted by atomic mass is 32.1. The normalized spacial score (nSPS) is 14.6. The van der Waals surface area contributed by atoms with Gasteiger partial charge in [0.2, 0.25) is 5.76 Å². The summed E-state index contributed by atoms with van der Waals surface area (Å²) >= 11 is 1.11. The number of nitrogens with zero attached hydrogens (tertiary/aromatic N) is 2. The van der Waals surface area contributed by atoms with Crippen molar-refractivity contribution < 1.29 is 23.5 Å². The fraction of sp³-hybridized carbons (Fsp3) is 0.214. The lowest BCUT2D eigenvalue weighted by atomic mass is 9.98. The maximum Gasteiger partial charge on any atom is 0.297 e. The molecule has 1 aliphatic rings. The molecule has 1 unspecified atom stereocenters. The number of methoxy groups -OCH3 is 1. The first-order chi connectivity index (χ1) is 17.7. The van der Waals surface area contributed by atoms with E-state index in [9.17, 15) is 14.4 Å². The van der Waals surface area contributed by atoms with Crippen molar-refractivity contribution in [3.8, 4) is 11.5 Å². The van der Waals surface area contributed by atoms with E-state index in [-0.39, 0.29) is 29.1 Å². The molecule has 1 atom stereocenters. The van der Waals surface area contributed by atoms with Crippen LogP contribution in [0.2, 0.25) is 0 Å². The SMILES string of the molecule is C=CCOc1ccc(C2c3c(oc4ccc(C)cc4c3=O)C(=O)N2c2nc(C)c(C(C)=O)s2)cc1OC. The quantitative estimate of drug-likeness (QED) is 0.240. The molecule has 0 fully saturated rings. The Balaban J connectivity index is 1.77. The Kier molecular flexibility index (Phi) is 6.16. The largest absolute Gasteiger partial charge is 0.493 e. The minimum absolute atomic E-state index is 0.0467. The second-order valence-corrected chi connectivity index (χ2v) is 9.71. The molecule has 0 N–H and O–H groups in total. The number of thiazole rings is 1. The Morgan fingerprint density at radius 1 is 1.19 bits per heavy atom. The molecule has 0 radical (unpaired) electrons. The highest BCUT2D eigenvalue weighted by Crippen LogP contribution is 2.44. The van der Waals surface area contributed by atoms with Gasteiger partial charge in [0.25, 0.3) is 5.91 Å². The number of fused-ring (bicyclic) bond motifs is 2. The van der Waals surface area contributed by atoms with Gasteiger partial charge in [-0.2, -0.15) is 0 Å². The zero-order valence-corrected chi connectivity index (χ0v) is 21.6. The Labute approximate surface area is 216 Å². The Morgan fingerprint density at radius 2 is 1.97 bits per heavy atom. The first kappa shape index (κ1) is 24.5. The molecule has 0 aliphatic carbocycles. The molecule has 1 aliphatic heterocycles. The fourth-order valence-corrected chi connectivity index (χ4v) is 5.52. The predicted molar refractivity (Wildman–Crippen MR) is 141 cm³/mol. The average molecular weight is 517 g/mol. The van der Waals surface area contributed by atoms with E-state index in [0.29, 0.717) is 43.7 Å². The number of carbonyl (C=O) groups is 2. The molecule has 2 aromatic heterocycles. The number of carbonyl (C=O) groups excluding carboxylic acids is 2. The number of rotatable bonds is 7.